The molecule has 18 heavy (non-hydrogen) atoms. The molecule has 0 N–H and O–H groups in total. The van der Waals surface area contributed by atoms with Gasteiger partial charge in [-0.25, -0.2) is 4.98 Å². The molecule has 0 saturated heterocycles. The Morgan fingerprint density at radius 1 is 1.06 bits per heavy atom. The fourth-order valence-electron chi connectivity index (χ4n) is 2.17. The number of benzene rings is 1. The second kappa shape index (κ2) is 4.10. The number of hydrogen-bond acceptors (Lipinski definition) is 3. The van der Waals surface area contributed by atoms with Crippen molar-refractivity contribution in [1.82, 2.24) is 4.98 Å². The molecular weight excluding hydrogens is 248 g/mol. The zero-order valence-electron chi connectivity index (χ0n) is 9.65. The van der Waals surface area contributed by atoms with Crippen LogP contribution in [-0.4, -0.2) is 19.9 Å². The molecule has 1 aliphatic heterocycles. The van der Waals surface area contributed by atoms with Crippen LogP contribution in [-0.2, 0) is 16.4 Å². The Morgan fingerprint density at radius 3 is 2.61 bits per heavy atom. The summed E-state index contributed by atoms with van der Waals surface area (Å²) in [6.45, 7) is 0.484. The maximum atomic E-state index is 12.5. The van der Waals surface area contributed by atoms with E-state index in [0.29, 0.717) is 6.54 Å². The topological polar surface area (TPSA) is 50.3 Å². The van der Waals surface area contributed by atoms with Crippen LogP contribution < -0.4 is 4.31 Å². The van der Waals surface area contributed by atoms with Crippen LogP contribution in [0.5, 0.6) is 0 Å². The van der Waals surface area contributed by atoms with Crippen LogP contribution in [0.3, 0.4) is 0 Å². The van der Waals surface area contributed by atoms with Gasteiger partial charge in [-0.05, 0) is 30.2 Å². The Bertz CT molecular complexity index is 668. The summed E-state index contributed by atoms with van der Waals surface area (Å²) in [6, 6.07) is 12.5. The lowest BCUT2D eigenvalue weighted by Gasteiger charge is -2.18. The first-order valence-corrected chi connectivity index (χ1v) is 7.15. The van der Waals surface area contributed by atoms with Gasteiger partial charge in [0.2, 0.25) is 0 Å². The van der Waals surface area contributed by atoms with Crippen molar-refractivity contribution in [2.24, 2.45) is 0 Å². The average Bonchev–Trinajstić information content (AvgIpc) is 2.84. The van der Waals surface area contributed by atoms with E-state index in [1.165, 1.54) is 16.6 Å². The highest BCUT2D eigenvalue weighted by Gasteiger charge is 2.31. The number of aromatic nitrogens is 1. The summed E-state index contributed by atoms with van der Waals surface area (Å²) in [5.74, 6) is 0. The normalized spacial score (nSPS) is 14.6. The van der Waals surface area contributed by atoms with Gasteiger partial charge in [-0.2, -0.15) is 8.42 Å². The van der Waals surface area contributed by atoms with E-state index < -0.39 is 10.0 Å². The smallest absolute Gasteiger partial charge is 0.264 e. The predicted octanol–water partition coefficient (Wildman–Crippen LogP) is 1.83. The lowest BCUT2D eigenvalue weighted by atomic mass is 10.2. The minimum Gasteiger partial charge on any atom is -0.264 e. The summed E-state index contributed by atoms with van der Waals surface area (Å²) in [5.41, 5.74) is 1.83. The molecule has 2 aromatic rings. The van der Waals surface area contributed by atoms with E-state index in [0.717, 1.165) is 17.7 Å². The molecule has 0 amide bonds. The van der Waals surface area contributed by atoms with Gasteiger partial charge in [0.15, 0.2) is 5.03 Å². The highest BCUT2D eigenvalue weighted by molar-refractivity contribution is 7.92. The third kappa shape index (κ3) is 1.67. The summed E-state index contributed by atoms with van der Waals surface area (Å²) in [7, 11) is -3.53. The monoisotopic (exact) mass is 260 g/mol. The van der Waals surface area contributed by atoms with Crippen LogP contribution in [0.2, 0.25) is 0 Å². The van der Waals surface area contributed by atoms with E-state index in [1.807, 2.05) is 24.3 Å². The first kappa shape index (κ1) is 11.2. The lowest BCUT2D eigenvalue weighted by Crippen LogP contribution is -2.29. The molecule has 1 aliphatic rings. The van der Waals surface area contributed by atoms with Gasteiger partial charge in [-0.1, -0.05) is 24.3 Å². The first-order chi connectivity index (χ1) is 8.69. The maximum absolute atomic E-state index is 12.5. The molecule has 0 spiro atoms. The molecule has 92 valence electrons. The van der Waals surface area contributed by atoms with E-state index in [1.54, 1.807) is 12.1 Å². The van der Waals surface area contributed by atoms with Crippen LogP contribution in [0.15, 0.2) is 53.7 Å². The molecule has 0 aliphatic carbocycles. The van der Waals surface area contributed by atoms with Crippen molar-refractivity contribution in [1.29, 1.82) is 0 Å². The number of para-hydroxylation sites is 1. The quantitative estimate of drug-likeness (QED) is 0.827. The van der Waals surface area contributed by atoms with Gasteiger partial charge in [0, 0.05) is 12.7 Å². The molecule has 0 saturated carbocycles. The molecule has 1 aromatic heterocycles. The highest BCUT2D eigenvalue weighted by Crippen LogP contribution is 2.31. The minimum atomic E-state index is -3.53. The predicted molar refractivity (Wildman–Crippen MR) is 68.9 cm³/mol. The minimum absolute atomic E-state index is 0.0988. The van der Waals surface area contributed by atoms with E-state index >= 15 is 0 Å². The number of rotatable bonds is 2. The second-order valence-electron chi connectivity index (χ2n) is 4.12. The van der Waals surface area contributed by atoms with Crippen molar-refractivity contribution in [3.63, 3.8) is 0 Å². The summed E-state index contributed by atoms with van der Waals surface area (Å²) in [6.07, 6.45) is 2.25. The second-order valence-corrected chi connectivity index (χ2v) is 5.93. The van der Waals surface area contributed by atoms with Gasteiger partial charge in [0.25, 0.3) is 10.0 Å². The molecule has 3 rings (SSSR count). The standard InChI is InChI=1S/C13H12N2O2S/c16-18(17,13-7-3-4-9-14-13)15-10-8-11-5-1-2-6-12(11)15/h1-7,9H,8,10H2. The summed E-state index contributed by atoms with van der Waals surface area (Å²) in [4.78, 5) is 3.94. The largest absolute Gasteiger partial charge is 0.281 e. The number of anilines is 1. The van der Waals surface area contributed by atoms with Gasteiger partial charge in [-0.3, -0.25) is 4.31 Å². The molecule has 0 atom stereocenters. The van der Waals surface area contributed by atoms with Crippen molar-refractivity contribution in [2.45, 2.75) is 11.4 Å². The van der Waals surface area contributed by atoms with E-state index in [9.17, 15) is 8.42 Å². The van der Waals surface area contributed by atoms with Crippen molar-refractivity contribution in [3.8, 4) is 0 Å². The third-order valence-corrected chi connectivity index (χ3v) is 4.77. The first-order valence-electron chi connectivity index (χ1n) is 5.71. The van der Waals surface area contributed by atoms with Crippen molar-refractivity contribution < 1.29 is 8.42 Å². The van der Waals surface area contributed by atoms with E-state index in [2.05, 4.69) is 4.98 Å². The Kier molecular flexibility index (Phi) is 2.56. The van der Waals surface area contributed by atoms with Gasteiger partial charge >= 0.3 is 0 Å². The Balaban J connectivity index is 2.08. The van der Waals surface area contributed by atoms with Crippen LogP contribution >= 0.6 is 0 Å². The lowest BCUT2D eigenvalue weighted by molar-refractivity contribution is 0.588. The van der Waals surface area contributed by atoms with Crippen molar-refractivity contribution >= 4 is 15.7 Å². The van der Waals surface area contributed by atoms with Gasteiger partial charge in [0.1, 0.15) is 0 Å². The van der Waals surface area contributed by atoms with Crippen LogP contribution in [0.25, 0.3) is 0 Å². The number of nitrogens with zero attached hydrogens (tertiary/aromatic N) is 2. The van der Waals surface area contributed by atoms with Crippen LogP contribution in [0, 0.1) is 0 Å². The third-order valence-electron chi connectivity index (χ3n) is 3.04. The Morgan fingerprint density at radius 2 is 1.83 bits per heavy atom. The molecule has 0 unspecified atom stereocenters. The van der Waals surface area contributed by atoms with Crippen LogP contribution in [0.1, 0.15) is 5.56 Å². The summed E-state index contributed by atoms with van der Waals surface area (Å²) < 4.78 is 26.4. The van der Waals surface area contributed by atoms with Crippen LogP contribution in [0.4, 0.5) is 5.69 Å². The molecular formula is C13H12N2O2S. The molecule has 0 radical (unpaired) electrons. The Labute approximate surface area is 106 Å². The highest BCUT2D eigenvalue weighted by atomic mass is 32.2. The number of pyridine rings is 1. The van der Waals surface area contributed by atoms with Crippen molar-refractivity contribution in [2.75, 3.05) is 10.8 Å². The van der Waals surface area contributed by atoms with Gasteiger partial charge < -0.3 is 0 Å². The molecule has 4 nitrogen and oxygen atoms in total. The van der Waals surface area contributed by atoms with Gasteiger partial charge in [0.05, 0.1) is 5.69 Å². The molecule has 0 fully saturated rings. The molecule has 0 bridgehead atoms. The zero-order valence-corrected chi connectivity index (χ0v) is 10.5. The average molecular weight is 260 g/mol. The molecule has 1 aromatic carbocycles. The summed E-state index contributed by atoms with van der Waals surface area (Å²) >= 11 is 0. The molecule has 2 heterocycles. The number of sulfonamides is 1. The Hall–Kier alpha value is -1.88. The fraction of sp³-hybridized carbons (Fsp3) is 0.154. The maximum Gasteiger partial charge on any atom is 0.281 e. The van der Waals surface area contributed by atoms with Gasteiger partial charge in [-0.15, -0.1) is 0 Å². The fourth-order valence-corrected chi connectivity index (χ4v) is 3.61. The van der Waals surface area contributed by atoms with E-state index in [4.69, 9.17) is 0 Å². The van der Waals surface area contributed by atoms with E-state index in [-0.39, 0.29) is 5.03 Å². The number of fused-ring (bicyclic) bond motifs is 1. The SMILES string of the molecule is O=S(=O)(c1ccccn1)N1CCc2ccccc21. The molecule has 5 heteroatoms. The number of hydrogen-bond donors (Lipinski definition) is 0. The summed E-state index contributed by atoms with van der Waals surface area (Å²) in [5, 5.41) is 0.0988. The van der Waals surface area contributed by atoms with Crippen molar-refractivity contribution in [3.05, 3.63) is 54.2 Å². The zero-order chi connectivity index (χ0) is 12.6.